The monoisotopic (exact) mass is 222 g/mol. The lowest BCUT2D eigenvalue weighted by Gasteiger charge is -1.99. The highest BCUT2D eigenvalue weighted by Crippen LogP contribution is 2.23. The van der Waals surface area contributed by atoms with Crippen LogP contribution in [0.4, 0.5) is 5.82 Å². The molecule has 76 valence electrons. The van der Waals surface area contributed by atoms with Crippen molar-refractivity contribution in [1.29, 1.82) is 0 Å². The van der Waals surface area contributed by atoms with Crippen molar-refractivity contribution in [2.45, 2.75) is 0 Å². The Morgan fingerprint density at radius 1 is 1.40 bits per heavy atom. The Balaban J connectivity index is 2.60. The Labute approximate surface area is 90.4 Å². The molecule has 1 aromatic heterocycles. The summed E-state index contributed by atoms with van der Waals surface area (Å²) in [6.07, 6.45) is 2.53. The average Bonchev–Trinajstić information content (AvgIpc) is 2.25. The third-order valence-electron chi connectivity index (χ3n) is 1.82. The van der Waals surface area contributed by atoms with Crippen molar-refractivity contribution in [3.8, 4) is 0 Å². The summed E-state index contributed by atoms with van der Waals surface area (Å²) < 4.78 is 0. The molecule has 2 N–H and O–H groups in total. The van der Waals surface area contributed by atoms with Crippen LogP contribution in [0.15, 0.2) is 29.5 Å². The van der Waals surface area contributed by atoms with E-state index in [2.05, 4.69) is 15.0 Å². The summed E-state index contributed by atoms with van der Waals surface area (Å²) in [5, 5.41) is 9.76. The van der Waals surface area contributed by atoms with Crippen LogP contribution in [0, 0.1) is 0 Å². The molecule has 0 unspecified atom stereocenters. The zero-order valence-corrected chi connectivity index (χ0v) is 8.31. The first-order valence-corrected chi connectivity index (χ1v) is 4.51. The number of hydroxylamine groups is 1. The maximum atomic E-state index is 8.38. The minimum absolute atomic E-state index is 0.471. The van der Waals surface area contributed by atoms with E-state index < -0.39 is 0 Å². The van der Waals surface area contributed by atoms with Crippen LogP contribution in [-0.2, 0) is 0 Å². The van der Waals surface area contributed by atoms with Crippen LogP contribution >= 0.6 is 11.6 Å². The largest absolute Gasteiger partial charge is 0.290 e. The first-order chi connectivity index (χ1) is 7.31. The Bertz CT molecular complexity index is 514. The van der Waals surface area contributed by atoms with E-state index in [1.807, 2.05) is 5.48 Å². The molecule has 0 saturated heterocycles. The molecule has 5 nitrogen and oxygen atoms in total. The zero-order chi connectivity index (χ0) is 10.7. The molecule has 0 saturated carbocycles. The minimum atomic E-state index is 0.471. The molecular weight excluding hydrogens is 216 g/mol. The quantitative estimate of drug-likeness (QED) is 0.463. The molecule has 0 bridgehead atoms. The van der Waals surface area contributed by atoms with E-state index in [-0.39, 0.29) is 0 Å². The fourth-order valence-electron chi connectivity index (χ4n) is 1.21. The molecule has 1 heterocycles. The van der Waals surface area contributed by atoms with E-state index in [1.165, 1.54) is 6.33 Å². The molecule has 0 fully saturated rings. The van der Waals surface area contributed by atoms with Crippen molar-refractivity contribution in [1.82, 2.24) is 15.4 Å². The van der Waals surface area contributed by atoms with Crippen LogP contribution in [0.25, 0.3) is 10.9 Å². The van der Waals surface area contributed by atoms with Crippen LogP contribution in [0.5, 0.6) is 0 Å². The number of aliphatic imine (C=N–C) groups is 1. The van der Waals surface area contributed by atoms with Gasteiger partial charge in [0.15, 0.2) is 5.82 Å². The zero-order valence-electron chi connectivity index (χ0n) is 7.55. The average molecular weight is 223 g/mol. The second kappa shape index (κ2) is 4.20. The summed E-state index contributed by atoms with van der Waals surface area (Å²) in [6, 6.07) is 5.24. The van der Waals surface area contributed by atoms with Gasteiger partial charge in [0.05, 0.1) is 5.52 Å². The predicted molar refractivity (Wildman–Crippen MR) is 57.6 cm³/mol. The van der Waals surface area contributed by atoms with Gasteiger partial charge in [0.2, 0.25) is 0 Å². The first kappa shape index (κ1) is 9.82. The molecular formula is C9H7ClN4O. The molecule has 2 aromatic rings. The number of nitrogens with zero attached hydrogens (tertiary/aromatic N) is 3. The maximum absolute atomic E-state index is 8.38. The summed E-state index contributed by atoms with van der Waals surface area (Å²) in [6.45, 7) is 0. The molecule has 0 aliphatic heterocycles. The molecule has 0 amide bonds. The van der Waals surface area contributed by atoms with Gasteiger partial charge in [-0.2, -0.15) is 0 Å². The lowest BCUT2D eigenvalue weighted by Crippen LogP contribution is -2.01. The number of rotatable bonds is 2. The molecule has 2 rings (SSSR count). The summed E-state index contributed by atoms with van der Waals surface area (Å²) in [5.41, 5.74) is 2.52. The molecule has 0 atom stereocenters. The topological polar surface area (TPSA) is 70.4 Å². The Kier molecular flexibility index (Phi) is 2.75. The predicted octanol–water partition coefficient (Wildman–Crippen LogP) is 1.92. The molecule has 0 radical (unpaired) electrons. The van der Waals surface area contributed by atoms with Crippen LogP contribution in [0.1, 0.15) is 0 Å². The summed E-state index contributed by atoms with van der Waals surface area (Å²) in [7, 11) is 0. The second-order valence-electron chi connectivity index (χ2n) is 2.75. The number of benzene rings is 1. The van der Waals surface area contributed by atoms with Crippen LogP contribution in [-0.4, -0.2) is 21.5 Å². The number of hydrogen-bond acceptors (Lipinski definition) is 4. The lowest BCUT2D eigenvalue weighted by molar-refractivity contribution is 0.240. The normalized spacial score (nSPS) is 11.1. The van der Waals surface area contributed by atoms with Gasteiger partial charge in [0, 0.05) is 10.4 Å². The molecule has 6 heteroatoms. The third kappa shape index (κ3) is 2.03. The minimum Gasteiger partial charge on any atom is -0.290 e. The fraction of sp³-hybridized carbons (Fsp3) is 0. The van der Waals surface area contributed by atoms with Gasteiger partial charge in [-0.1, -0.05) is 11.6 Å². The summed E-state index contributed by atoms with van der Waals surface area (Å²) >= 11 is 5.82. The van der Waals surface area contributed by atoms with Crippen molar-refractivity contribution in [3.63, 3.8) is 0 Å². The van der Waals surface area contributed by atoms with Crippen molar-refractivity contribution >= 4 is 34.7 Å². The molecule has 0 aliphatic carbocycles. The van der Waals surface area contributed by atoms with Gasteiger partial charge in [0.25, 0.3) is 0 Å². The molecule has 0 aliphatic rings. The van der Waals surface area contributed by atoms with E-state index in [0.717, 1.165) is 11.7 Å². The number of nitrogens with one attached hydrogen (secondary N) is 1. The summed E-state index contributed by atoms with van der Waals surface area (Å²) in [4.78, 5) is 11.9. The summed E-state index contributed by atoms with van der Waals surface area (Å²) in [5.74, 6) is 0.471. The fourth-order valence-corrected chi connectivity index (χ4v) is 1.38. The number of aromatic nitrogens is 2. The smallest absolute Gasteiger partial charge is 0.164 e. The van der Waals surface area contributed by atoms with E-state index in [0.29, 0.717) is 16.4 Å². The van der Waals surface area contributed by atoms with Crippen molar-refractivity contribution in [2.24, 2.45) is 4.99 Å². The second-order valence-corrected chi connectivity index (χ2v) is 3.18. The molecule has 1 aromatic carbocycles. The maximum Gasteiger partial charge on any atom is 0.164 e. The Hall–Kier alpha value is -1.72. The Morgan fingerprint density at radius 2 is 2.27 bits per heavy atom. The third-order valence-corrected chi connectivity index (χ3v) is 2.06. The highest BCUT2D eigenvalue weighted by molar-refractivity contribution is 6.31. The van der Waals surface area contributed by atoms with Gasteiger partial charge in [-0.3, -0.25) is 10.7 Å². The van der Waals surface area contributed by atoms with E-state index >= 15 is 0 Å². The standard InChI is InChI=1S/C9H7ClN4O/c10-6-1-2-7-8(3-6)11-4-12-9(7)13-5-14-15/h1-5,15H,(H,11,12,13,14). The van der Waals surface area contributed by atoms with Gasteiger partial charge >= 0.3 is 0 Å². The van der Waals surface area contributed by atoms with Gasteiger partial charge in [-0.25, -0.2) is 15.0 Å². The van der Waals surface area contributed by atoms with E-state index in [1.54, 1.807) is 18.2 Å². The van der Waals surface area contributed by atoms with Crippen LogP contribution in [0.2, 0.25) is 5.02 Å². The van der Waals surface area contributed by atoms with Gasteiger partial charge in [-0.05, 0) is 18.2 Å². The number of hydrogen-bond donors (Lipinski definition) is 2. The van der Waals surface area contributed by atoms with E-state index in [9.17, 15) is 0 Å². The van der Waals surface area contributed by atoms with Crippen molar-refractivity contribution in [3.05, 3.63) is 29.5 Å². The van der Waals surface area contributed by atoms with Gasteiger partial charge in [-0.15, -0.1) is 0 Å². The lowest BCUT2D eigenvalue weighted by atomic mass is 10.2. The SMILES string of the molecule is ONC=Nc1ncnc2cc(Cl)ccc12. The van der Waals surface area contributed by atoms with Crippen LogP contribution < -0.4 is 5.48 Å². The van der Waals surface area contributed by atoms with E-state index in [4.69, 9.17) is 16.8 Å². The van der Waals surface area contributed by atoms with Crippen molar-refractivity contribution in [2.75, 3.05) is 0 Å². The van der Waals surface area contributed by atoms with Crippen molar-refractivity contribution < 1.29 is 5.21 Å². The molecule has 0 spiro atoms. The number of halogens is 1. The first-order valence-electron chi connectivity index (χ1n) is 4.13. The number of fused-ring (bicyclic) bond motifs is 1. The van der Waals surface area contributed by atoms with Crippen LogP contribution in [0.3, 0.4) is 0 Å². The Morgan fingerprint density at radius 3 is 3.07 bits per heavy atom. The highest BCUT2D eigenvalue weighted by atomic mass is 35.5. The molecule has 15 heavy (non-hydrogen) atoms. The highest BCUT2D eigenvalue weighted by Gasteiger charge is 2.01. The van der Waals surface area contributed by atoms with Gasteiger partial charge < -0.3 is 0 Å². The van der Waals surface area contributed by atoms with Gasteiger partial charge in [0.1, 0.15) is 12.7 Å².